The van der Waals surface area contributed by atoms with Crippen LogP contribution in [0.1, 0.15) is 5.56 Å². The number of aromatic nitrogens is 2. The van der Waals surface area contributed by atoms with E-state index in [-0.39, 0.29) is 0 Å². The summed E-state index contributed by atoms with van der Waals surface area (Å²) in [5.74, 6) is 0. The summed E-state index contributed by atoms with van der Waals surface area (Å²) < 4.78 is 0.997. The van der Waals surface area contributed by atoms with E-state index >= 15 is 0 Å². The molecule has 2 aromatic heterocycles. The minimum absolute atomic E-state index is 0.717. The molecule has 0 aliphatic heterocycles. The van der Waals surface area contributed by atoms with Crippen LogP contribution in [0.4, 0.5) is 0 Å². The minimum Gasteiger partial charge on any atom is -0.361 e. The number of halogens is 2. The zero-order valence-electron chi connectivity index (χ0n) is 11.8. The number of benzene rings is 2. The molecule has 0 saturated heterocycles. The van der Waals surface area contributed by atoms with E-state index in [0.29, 0.717) is 0 Å². The average Bonchev–Trinajstić information content (AvgIpc) is 2.98. The SMILES string of the molecule is Cc1ccc2c(Cl)cc(-c3ccc4[nH]ccc4c3)nc2c1Br. The number of fused-ring (bicyclic) bond motifs is 2. The molecule has 0 spiro atoms. The fraction of sp³-hybridized carbons (Fsp3) is 0.0556. The molecule has 22 heavy (non-hydrogen) atoms. The van der Waals surface area contributed by atoms with Crippen LogP contribution in [0.2, 0.25) is 5.02 Å². The number of nitrogens with one attached hydrogen (secondary N) is 1. The van der Waals surface area contributed by atoms with Gasteiger partial charge in [-0.3, -0.25) is 0 Å². The standard InChI is InChI=1S/C18H12BrClN2/c1-10-2-4-13-14(20)9-16(22-18(13)17(10)19)11-3-5-15-12(8-11)6-7-21-15/h2-9,21H,1H3. The van der Waals surface area contributed by atoms with E-state index in [0.717, 1.165) is 42.7 Å². The van der Waals surface area contributed by atoms with Gasteiger partial charge in [0.25, 0.3) is 0 Å². The Balaban J connectivity index is 2.00. The minimum atomic E-state index is 0.717. The average molecular weight is 372 g/mol. The Morgan fingerprint density at radius 1 is 1.09 bits per heavy atom. The van der Waals surface area contributed by atoms with E-state index in [9.17, 15) is 0 Å². The van der Waals surface area contributed by atoms with Crippen LogP contribution in [0.15, 0.2) is 53.1 Å². The van der Waals surface area contributed by atoms with E-state index in [4.69, 9.17) is 16.6 Å². The number of hydrogen-bond acceptors (Lipinski definition) is 1. The van der Waals surface area contributed by atoms with Crippen LogP contribution in [0, 0.1) is 6.92 Å². The number of aryl methyl sites for hydroxylation is 1. The number of rotatable bonds is 1. The Morgan fingerprint density at radius 3 is 2.82 bits per heavy atom. The lowest BCUT2D eigenvalue weighted by atomic mass is 10.1. The van der Waals surface area contributed by atoms with Crippen molar-refractivity contribution in [2.45, 2.75) is 6.92 Å². The largest absolute Gasteiger partial charge is 0.361 e. The van der Waals surface area contributed by atoms with Crippen LogP contribution in [0.25, 0.3) is 33.1 Å². The molecule has 0 bridgehead atoms. The molecule has 0 saturated carbocycles. The smallest absolute Gasteiger partial charge is 0.0869 e. The Morgan fingerprint density at radius 2 is 1.95 bits per heavy atom. The van der Waals surface area contributed by atoms with Crippen molar-refractivity contribution in [2.24, 2.45) is 0 Å². The highest BCUT2D eigenvalue weighted by Crippen LogP contribution is 2.34. The quantitative estimate of drug-likeness (QED) is 0.430. The van der Waals surface area contributed by atoms with E-state index < -0.39 is 0 Å². The predicted octanol–water partition coefficient (Wildman–Crippen LogP) is 6.11. The summed E-state index contributed by atoms with van der Waals surface area (Å²) >= 11 is 10.1. The molecule has 0 radical (unpaired) electrons. The van der Waals surface area contributed by atoms with E-state index in [2.05, 4.69) is 52.1 Å². The molecule has 0 unspecified atom stereocenters. The van der Waals surface area contributed by atoms with Crippen molar-refractivity contribution in [1.82, 2.24) is 9.97 Å². The first-order valence-electron chi connectivity index (χ1n) is 6.96. The zero-order chi connectivity index (χ0) is 15.3. The Kier molecular flexibility index (Phi) is 3.21. The zero-order valence-corrected chi connectivity index (χ0v) is 14.2. The summed E-state index contributed by atoms with van der Waals surface area (Å²) in [6, 6.07) is 14.3. The van der Waals surface area contributed by atoms with Crippen molar-refractivity contribution in [1.29, 1.82) is 0 Å². The normalized spacial score (nSPS) is 11.4. The molecule has 0 aliphatic rings. The third kappa shape index (κ3) is 2.13. The molecule has 0 fully saturated rings. The highest BCUT2D eigenvalue weighted by molar-refractivity contribution is 9.10. The topological polar surface area (TPSA) is 28.7 Å². The van der Waals surface area contributed by atoms with Crippen LogP contribution < -0.4 is 0 Å². The lowest BCUT2D eigenvalue weighted by molar-refractivity contribution is 1.36. The van der Waals surface area contributed by atoms with Crippen molar-refractivity contribution in [3.05, 3.63) is 63.7 Å². The molecule has 4 heteroatoms. The second-order valence-electron chi connectivity index (χ2n) is 5.36. The fourth-order valence-electron chi connectivity index (χ4n) is 2.68. The lowest BCUT2D eigenvalue weighted by Crippen LogP contribution is -1.89. The summed E-state index contributed by atoms with van der Waals surface area (Å²) in [6.07, 6.45) is 1.94. The second-order valence-corrected chi connectivity index (χ2v) is 6.56. The van der Waals surface area contributed by atoms with Gasteiger partial charge in [0.15, 0.2) is 0 Å². The predicted molar refractivity (Wildman–Crippen MR) is 96.5 cm³/mol. The highest BCUT2D eigenvalue weighted by Gasteiger charge is 2.10. The first-order valence-corrected chi connectivity index (χ1v) is 8.13. The van der Waals surface area contributed by atoms with E-state index in [1.807, 2.05) is 24.4 Å². The third-order valence-corrected chi connectivity index (χ3v) is 5.22. The number of nitrogens with zero attached hydrogens (tertiary/aromatic N) is 1. The molecule has 2 nitrogen and oxygen atoms in total. The second kappa shape index (κ2) is 5.11. The number of H-pyrrole nitrogens is 1. The molecular weight excluding hydrogens is 360 g/mol. The molecule has 4 rings (SSSR count). The molecule has 2 aromatic carbocycles. The van der Waals surface area contributed by atoms with Crippen LogP contribution in [0.5, 0.6) is 0 Å². The highest BCUT2D eigenvalue weighted by atomic mass is 79.9. The number of aromatic amines is 1. The fourth-order valence-corrected chi connectivity index (χ4v) is 3.37. The Labute approximate surface area is 141 Å². The molecule has 0 atom stereocenters. The summed E-state index contributed by atoms with van der Waals surface area (Å²) in [5.41, 5.74) is 5.11. The first kappa shape index (κ1) is 13.8. The molecule has 108 valence electrons. The lowest BCUT2D eigenvalue weighted by Gasteiger charge is -2.09. The van der Waals surface area contributed by atoms with Gasteiger partial charge in [-0.1, -0.05) is 29.8 Å². The van der Waals surface area contributed by atoms with Gasteiger partial charge in [-0.15, -0.1) is 0 Å². The molecule has 4 aromatic rings. The molecular formula is C18H12BrClN2. The maximum atomic E-state index is 6.47. The monoisotopic (exact) mass is 370 g/mol. The van der Waals surface area contributed by atoms with Gasteiger partial charge in [0.1, 0.15) is 0 Å². The van der Waals surface area contributed by atoms with Gasteiger partial charge in [0.05, 0.1) is 16.2 Å². The van der Waals surface area contributed by atoms with E-state index in [1.54, 1.807) is 0 Å². The summed E-state index contributed by atoms with van der Waals surface area (Å²) in [7, 11) is 0. The summed E-state index contributed by atoms with van der Waals surface area (Å²) in [5, 5.41) is 2.85. The van der Waals surface area contributed by atoms with E-state index in [1.165, 1.54) is 5.39 Å². The van der Waals surface area contributed by atoms with Gasteiger partial charge < -0.3 is 4.98 Å². The number of hydrogen-bond donors (Lipinski definition) is 1. The van der Waals surface area contributed by atoms with Gasteiger partial charge in [-0.2, -0.15) is 0 Å². The van der Waals surface area contributed by atoms with Crippen LogP contribution >= 0.6 is 27.5 Å². The summed E-state index contributed by atoms with van der Waals surface area (Å²) in [6.45, 7) is 2.05. The third-order valence-electron chi connectivity index (χ3n) is 3.91. The van der Waals surface area contributed by atoms with Crippen LogP contribution in [0.3, 0.4) is 0 Å². The van der Waals surface area contributed by atoms with Crippen molar-refractivity contribution >= 4 is 49.3 Å². The first-order chi connectivity index (χ1) is 10.6. The maximum Gasteiger partial charge on any atom is 0.0869 e. The molecule has 2 heterocycles. The van der Waals surface area contributed by atoms with Gasteiger partial charge in [-0.25, -0.2) is 4.98 Å². The Hall–Kier alpha value is -1.84. The number of pyridine rings is 1. The van der Waals surface area contributed by atoms with Crippen molar-refractivity contribution in [2.75, 3.05) is 0 Å². The van der Waals surface area contributed by atoms with Gasteiger partial charge in [0.2, 0.25) is 0 Å². The maximum absolute atomic E-state index is 6.47. The van der Waals surface area contributed by atoms with Gasteiger partial charge in [-0.05, 0) is 52.7 Å². The van der Waals surface area contributed by atoms with Gasteiger partial charge in [0, 0.05) is 32.5 Å². The molecule has 1 N–H and O–H groups in total. The van der Waals surface area contributed by atoms with Crippen LogP contribution in [-0.2, 0) is 0 Å². The van der Waals surface area contributed by atoms with Crippen molar-refractivity contribution in [3.63, 3.8) is 0 Å². The molecule has 0 aliphatic carbocycles. The van der Waals surface area contributed by atoms with Crippen LogP contribution in [-0.4, -0.2) is 9.97 Å². The van der Waals surface area contributed by atoms with Crippen molar-refractivity contribution < 1.29 is 0 Å². The molecule has 0 amide bonds. The Bertz CT molecular complexity index is 1020. The van der Waals surface area contributed by atoms with Gasteiger partial charge >= 0.3 is 0 Å². The summed E-state index contributed by atoms with van der Waals surface area (Å²) in [4.78, 5) is 8.02. The van der Waals surface area contributed by atoms with Crippen molar-refractivity contribution in [3.8, 4) is 11.3 Å².